The SMILES string of the molecule is CC.CC(C)Cc1sc(Nc2cccc(C(=O)NCCNC(=O)OC(C)(C)C)c2)nc1-c1ccc(Cl)c(Cl)c1.CCF. The molecule has 0 aliphatic rings. The van der Waals surface area contributed by atoms with E-state index < -0.39 is 11.7 Å². The van der Waals surface area contributed by atoms with Crippen LogP contribution in [0, 0.1) is 5.92 Å². The maximum atomic E-state index is 12.6. The Balaban J connectivity index is 0.00000165. The second-order valence-corrected chi connectivity index (χ2v) is 12.1. The third-order valence-electron chi connectivity index (χ3n) is 4.94. The van der Waals surface area contributed by atoms with Crippen LogP contribution in [-0.2, 0) is 11.2 Å². The molecule has 11 heteroatoms. The predicted molar refractivity (Wildman–Crippen MR) is 175 cm³/mol. The van der Waals surface area contributed by atoms with Crippen LogP contribution in [0.25, 0.3) is 11.3 Å². The summed E-state index contributed by atoms with van der Waals surface area (Å²) in [6.07, 6.45) is 0.350. The zero-order valence-electron chi connectivity index (χ0n) is 25.7. The summed E-state index contributed by atoms with van der Waals surface area (Å²) in [5.41, 5.74) is 2.43. The molecule has 1 aromatic heterocycles. The molecule has 42 heavy (non-hydrogen) atoms. The van der Waals surface area contributed by atoms with Gasteiger partial charge in [0.1, 0.15) is 5.60 Å². The van der Waals surface area contributed by atoms with E-state index in [-0.39, 0.29) is 25.7 Å². The van der Waals surface area contributed by atoms with Crippen molar-refractivity contribution >= 4 is 57.4 Å². The van der Waals surface area contributed by atoms with Crippen molar-refractivity contribution in [3.63, 3.8) is 0 Å². The zero-order chi connectivity index (χ0) is 31.9. The second-order valence-electron chi connectivity index (χ2n) is 10.2. The number of aromatic nitrogens is 1. The highest BCUT2D eigenvalue weighted by molar-refractivity contribution is 7.16. The summed E-state index contributed by atoms with van der Waals surface area (Å²) >= 11 is 13.9. The van der Waals surface area contributed by atoms with E-state index in [4.69, 9.17) is 32.9 Å². The molecule has 0 fully saturated rings. The number of alkyl halides is 1. The molecule has 2 amide bonds. The molecule has 3 aromatic rings. The lowest BCUT2D eigenvalue weighted by atomic mass is 10.0. The van der Waals surface area contributed by atoms with E-state index in [1.807, 2.05) is 32.0 Å². The average Bonchev–Trinajstić information content (AvgIpc) is 3.30. The lowest BCUT2D eigenvalue weighted by Crippen LogP contribution is -2.37. The molecule has 7 nitrogen and oxygen atoms in total. The van der Waals surface area contributed by atoms with Gasteiger partial charge in [-0.3, -0.25) is 9.18 Å². The van der Waals surface area contributed by atoms with Gasteiger partial charge >= 0.3 is 6.09 Å². The van der Waals surface area contributed by atoms with Crippen molar-refractivity contribution < 1.29 is 18.7 Å². The minimum atomic E-state index is -0.573. The van der Waals surface area contributed by atoms with Crippen molar-refractivity contribution in [3.8, 4) is 11.3 Å². The Morgan fingerprint density at radius 2 is 1.67 bits per heavy atom. The fourth-order valence-corrected chi connectivity index (χ4v) is 4.92. The number of halogens is 3. The number of anilines is 2. The number of carbonyl (C=O) groups excluding carboxylic acids is 2. The van der Waals surface area contributed by atoms with Crippen molar-refractivity contribution in [3.05, 3.63) is 63.0 Å². The maximum Gasteiger partial charge on any atom is 0.407 e. The van der Waals surface area contributed by atoms with Crippen LogP contribution in [0.5, 0.6) is 0 Å². The van der Waals surface area contributed by atoms with Crippen molar-refractivity contribution in [2.45, 2.75) is 67.4 Å². The third kappa shape index (κ3) is 13.4. The topological polar surface area (TPSA) is 92.4 Å². The highest BCUT2D eigenvalue weighted by Crippen LogP contribution is 2.36. The van der Waals surface area contributed by atoms with Crippen molar-refractivity contribution in [1.29, 1.82) is 0 Å². The molecule has 0 atom stereocenters. The Morgan fingerprint density at radius 1 is 1.02 bits per heavy atom. The second kappa shape index (κ2) is 18.6. The van der Waals surface area contributed by atoms with E-state index in [9.17, 15) is 14.0 Å². The lowest BCUT2D eigenvalue weighted by Gasteiger charge is -2.19. The maximum absolute atomic E-state index is 12.6. The number of nitrogens with one attached hydrogen (secondary N) is 3. The highest BCUT2D eigenvalue weighted by atomic mass is 35.5. The molecule has 1 heterocycles. The molecule has 0 spiro atoms. The van der Waals surface area contributed by atoms with E-state index in [2.05, 4.69) is 29.8 Å². The van der Waals surface area contributed by atoms with Crippen LogP contribution in [0.2, 0.25) is 10.0 Å². The normalized spacial score (nSPS) is 10.6. The third-order valence-corrected chi connectivity index (χ3v) is 6.67. The Morgan fingerprint density at radius 3 is 2.26 bits per heavy atom. The van der Waals surface area contributed by atoms with Gasteiger partial charge in [0, 0.05) is 34.8 Å². The first-order chi connectivity index (χ1) is 19.8. The molecular weight excluding hydrogens is 598 g/mol. The van der Waals surface area contributed by atoms with Crippen molar-refractivity contribution in [1.82, 2.24) is 15.6 Å². The number of hydrogen-bond donors (Lipinski definition) is 3. The molecule has 0 bridgehead atoms. The Hall–Kier alpha value is -2.88. The van der Waals surface area contributed by atoms with Crippen LogP contribution < -0.4 is 16.0 Å². The van der Waals surface area contributed by atoms with Crippen LogP contribution in [0.3, 0.4) is 0 Å². The van der Waals surface area contributed by atoms with E-state index in [0.29, 0.717) is 21.5 Å². The van der Waals surface area contributed by atoms with Gasteiger partial charge in [0.15, 0.2) is 5.13 Å². The first-order valence-corrected chi connectivity index (χ1v) is 15.5. The van der Waals surface area contributed by atoms with Gasteiger partial charge in [-0.15, -0.1) is 11.3 Å². The van der Waals surface area contributed by atoms with E-state index in [1.165, 1.54) is 6.92 Å². The van der Waals surface area contributed by atoms with Crippen LogP contribution in [0.4, 0.5) is 20.0 Å². The number of hydrogen-bond acceptors (Lipinski definition) is 6. The summed E-state index contributed by atoms with van der Waals surface area (Å²) < 4.78 is 15.5. The summed E-state index contributed by atoms with van der Waals surface area (Å²) in [4.78, 5) is 30.3. The molecule has 0 saturated heterocycles. The number of nitrogens with zero attached hydrogens (tertiary/aromatic N) is 1. The van der Waals surface area contributed by atoms with Crippen molar-refractivity contribution in [2.75, 3.05) is 25.1 Å². The molecule has 0 unspecified atom stereocenters. The van der Waals surface area contributed by atoms with Gasteiger partial charge < -0.3 is 20.7 Å². The first-order valence-electron chi connectivity index (χ1n) is 14.0. The van der Waals surface area contributed by atoms with Crippen LogP contribution in [0.15, 0.2) is 42.5 Å². The predicted octanol–water partition coefficient (Wildman–Crippen LogP) is 9.32. The fourth-order valence-electron chi connectivity index (χ4n) is 3.40. The smallest absolute Gasteiger partial charge is 0.407 e. The van der Waals surface area contributed by atoms with Gasteiger partial charge in [-0.05, 0) is 70.4 Å². The van der Waals surface area contributed by atoms with Gasteiger partial charge in [0.05, 0.1) is 22.4 Å². The zero-order valence-corrected chi connectivity index (χ0v) is 28.0. The minimum Gasteiger partial charge on any atom is -0.444 e. The molecule has 2 aromatic carbocycles. The molecular formula is C31H43Cl2FN4O3S. The van der Waals surface area contributed by atoms with Gasteiger partial charge in [0.2, 0.25) is 0 Å². The van der Waals surface area contributed by atoms with Crippen molar-refractivity contribution in [2.24, 2.45) is 5.92 Å². The number of benzene rings is 2. The Labute approximate surface area is 263 Å². The quantitative estimate of drug-likeness (QED) is 0.203. The number of alkyl carbamates (subject to hydrolysis) is 1. The van der Waals surface area contributed by atoms with Crippen LogP contribution in [-0.4, -0.2) is 42.3 Å². The Bertz CT molecular complexity index is 1280. The highest BCUT2D eigenvalue weighted by Gasteiger charge is 2.17. The standard InChI is InChI=1S/C27H32Cl2N4O3S.C2H5F.C2H6/c1-16(2)13-22-23(17-9-10-20(28)21(29)15-17)33-25(37-22)32-19-8-6-7-18(14-19)24(34)30-11-12-31-26(35)36-27(3,4)5;1-2-3;1-2/h6-10,14-16H,11-13H2,1-5H3,(H,30,34)(H,31,35)(H,32,33);2H2,1H3;1-2H3. The monoisotopic (exact) mass is 640 g/mol. The summed E-state index contributed by atoms with van der Waals surface area (Å²) in [7, 11) is 0. The minimum absolute atomic E-state index is 0.245. The van der Waals surface area contributed by atoms with Crippen LogP contribution in [0.1, 0.15) is 70.6 Å². The molecule has 0 aliphatic heterocycles. The molecule has 0 aliphatic carbocycles. The summed E-state index contributed by atoms with van der Waals surface area (Å²) in [5, 5.41) is 10.5. The fraction of sp³-hybridized carbons (Fsp3) is 0.452. The number of ether oxygens (including phenoxy) is 1. The summed E-state index contributed by atoms with van der Waals surface area (Å²) in [6, 6.07) is 12.7. The molecule has 0 saturated carbocycles. The number of amides is 2. The van der Waals surface area contributed by atoms with E-state index in [0.717, 1.165) is 33.4 Å². The molecule has 232 valence electrons. The van der Waals surface area contributed by atoms with E-state index >= 15 is 0 Å². The number of rotatable bonds is 9. The number of carbonyl (C=O) groups is 2. The van der Waals surface area contributed by atoms with Crippen LogP contribution >= 0.6 is 34.5 Å². The van der Waals surface area contributed by atoms with E-state index in [1.54, 1.807) is 56.4 Å². The Kier molecular flexibility index (Phi) is 16.5. The summed E-state index contributed by atoms with van der Waals surface area (Å²) in [5.74, 6) is 0.206. The molecule has 3 rings (SSSR count). The molecule has 3 N–H and O–H groups in total. The van der Waals surface area contributed by atoms with Gasteiger partial charge in [-0.25, -0.2) is 9.78 Å². The molecule has 0 radical (unpaired) electrons. The largest absolute Gasteiger partial charge is 0.444 e. The number of thiazole rings is 1. The average molecular weight is 642 g/mol. The van der Waals surface area contributed by atoms with Gasteiger partial charge in [0.25, 0.3) is 5.91 Å². The summed E-state index contributed by atoms with van der Waals surface area (Å²) in [6.45, 7) is 15.4. The van der Waals surface area contributed by atoms with Gasteiger partial charge in [-0.2, -0.15) is 0 Å². The van der Waals surface area contributed by atoms with Gasteiger partial charge in [-0.1, -0.05) is 63.0 Å². The first kappa shape index (κ1) is 37.1. The lowest BCUT2D eigenvalue weighted by molar-refractivity contribution is 0.0526.